The highest BCUT2D eigenvalue weighted by Crippen LogP contribution is 2.46. The molecule has 1 saturated carbocycles. The quantitative estimate of drug-likeness (QED) is 0.625. The van der Waals surface area contributed by atoms with E-state index in [0.29, 0.717) is 11.3 Å². The molecule has 2 aliphatic rings. The molecule has 3 nitrogen and oxygen atoms in total. The second kappa shape index (κ2) is 5.38. The van der Waals surface area contributed by atoms with Gasteiger partial charge in [-0.1, -0.05) is 31.2 Å². The molecule has 1 aromatic rings. The van der Waals surface area contributed by atoms with E-state index in [2.05, 4.69) is 0 Å². The Morgan fingerprint density at radius 1 is 1.32 bits per heavy atom. The maximum absolute atomic E-state index is 12.3. The molecule has 2 bridgehead atoms. The number of rotatable bonds is 4. The van der Waals surface area contributed by atoms with Gasteiger partial charge in [0.2, 0.25) is 0 Å². The number of Topliss-reactive ketones (excluding diaryl/α,β-unsaturated/α-hetero) is 1. The number of hydrogen-bond acceptors (Lipinski definition) is 3. The zero-order chi connectivity index (χ0) is 15.9. The van der Waals surface area contributed by atoms with Gasteiger partial charge in [0.1, 0.15) is 11.4 Å². The number of carbonyl (C=O) groups is 2. The minimum absolute atomic E-state index is 0.0108. The Morgan fingerprint density at radius 2 is 2.09 bits per heavy atom. The molecule has 0 radical (unpaired) electrons. The van der Waals surface area contributed by atoms with Crippen molar-refractivity contribution < 1.29 is 14.3 Å². The summed E-state index contributed by atoms with van der Waals surface area (Å²) in [6, 6.07) is 7.56. The average Bonchev–Trinajstić information content (AvgIpc) is 3.02. The molecule has 0 aliphatic heterocycles. The van der Waals surface area contributed by atoms with Crippen LogP contribution in [0, 0.1) is 11.8 Å². The molecule has 1 aromatic carbocycles. The van der Waals surface area contributed by atoms with Crippen molar-refractivity contribution in [3.05, 3.63) is 47.5 Å². The number of allylic oxidation sites excluding steroid dienone is 2. The fourth-order valence-electron chi connectivity index (χ4n) is 3.26. The van der Waals surface area contributed by atoms with Crippen LogP contribution >= 0.6 is 0 Å². The second-order valence-electron chi connectivity index (χ2n) is 6.89. The minimum Gasteiger partial charge on any atom is -0.456 e. The maximum Gasteiger partial charge on any atom is 0.338 e. The lowest BCUT2D eigenvalue weighted by atomic mass is 9.86. The molecule has 0 spiro atoms. The summed E-state index contributed by atoms with van der Waals surface area (Å²) < 4.78 is 5.55. The van der Waals surface area contributed by atoms with Gasteiger partial charge in [-0.15, -0.1) is 0 Å². The zero-order valence-electron chi connectivity index (χ0n) is 13.3. The molecule has 3 unspecified atom stereocenters. The summed E-state index contributed by atoms with van der Waals surface area (Å²) in [7, 11) is 0. The van der Waals surface area contributed by atoms with Crippen LogP contribution in [0.1, 0.15) is 55.5 Å². The molecule has 1 fully saturated rings. The SMILES string of the molecule is CCC(C)(C)OC(=O)c1cccc(C2CC3C=CC2C3=O)c1. The van der Waals surface area contributed by atoms with E-state index in [4.69, 9.17) is 4.74 Å². The summed E-state index contributed by atoms with van der Waals surface area (Å²) in [5.74, 6) is 0.297. The van der Waals surface area contributed by atoms with Crippen molar-refractivity contribution in [1.82, 2.24) is 0 Å². The molecule has 0 aromatic heterocycles. The molecule has 3 rings (SSSR count). The summed E-state index contributed by atoms with van der Waals surface area (Å²) in [6.07, 6.45) is 5.67. The normalized spacial score (nSPS) is 26.5. The number of ketones is 1. The van der Waals surface area contributed by atoms with Gasteiger partial charge in [0.15, 0.2) is 0 Å². The lowest BCUT2D eigenvalue weighted by Gasteiger charge is -2.24. The van der Waals surface area contributed by atoms with Crippen molar-refractivity contribution in [3.8, 4) is 0 Å². The second-order valence-corrected chi connectivity index (χ2v) is 6.89. The molecule has 116 valence electrons. The first-order valence-corrected chi connectivity index (χ1v) is 7.96. The van der Waals surface area contributed by atoms with E-state index in [1.807, 2.05) is 51.1 Å². The first-order valence-electron chi connectivity index (χ1n) is 7.96. The smallest absolute Gasteiger partial charge is 0.338 e. The summed E-state index contributed by atoms with van der Waals surface area (Å²) in [6.45, 7) is 5.82. The molecule has 0 amide bonds. The van der Waals surface area contributed by atoms with Gasteiger partial charge in [-0.25, -0.2) is 4.79 Å². The van der Waals surface area contributed by atoms with E-state index in [1.54, 1.807) is 6.07 Å². The predicted octanol–water partition coefficient (Wildman–Crippen LogP) is 3.89. The van der Waals surface area contributed by atoms with Crippen molar-refractivity contribution in [3.63, 3.8) is 0 Å². The summed E-state index contributed by atoms with van der Waals surface area (Å²) in [4.78, 5) is 24.3. The first kappa shape index (κ1) is 15.0. The highest BCUT2D eigenvalue weighted by Gasteiger charge is 2.44. The lowest BCUT2D eigenvalue weighted by Crippen LogP contribution is -2.27. The Labute approximate surface area is 131 Å². The van der Waals surface area contributed by atoms with Crippen LogP contribution in [-0.4, -0.2) is 17.4 Å². The van der Waals surface area contributed by atoms with E-state index >= 15 is 0 Å². The van der Waals surface area contributed by atoms with Crippen LogP contribution in [0.15, 0.2) is 36.4 Å². The predicted molar refractivity (Wildman–Crippen MR) is 84.7 cm³/mol. The zero-order valence-corrected chi connectivity index (χ0v) is 13.3. The Hall–Kier alpha value is -1.90. The van der Waals surface area contributed by atoms with Gasteiger partial charge in [0.25, 0.3) is 0 Å². The number of esters is 1. The van der Waals surface area contributed by atoms with Gasteiger partial charge < -0.3 is 4.74 Å². The largest absolute Gasteiger partial charge is 0.456 e. The van der Waals surface area contributed by atoms with E-state index < -0.39 is 5.60 Å². The Kier molecular flexibility index (Phi) is 3.67. The van der Waals surface area contributed by atoms with Crippen molar-refractivity contribution in [1.29, 1.82) is 0 Å². The topological polar surface area (TPSA) is 43.4 Å². The van der Waals surface area contributed by atoms with E-state index in [9.17, 15) is 9.59 Å². The van der Waals surface area contributed by atoms with Crippen LogP contribution in [-0.2, 0) is 9.53 Å². The van der Waals surface area contributed by atoms with Crippen LogP contribution < -0.4 is 0 Å². The molecule has 3 heteroatoms. The van der Waals surface area contributed by atoms with Gasteiger partial charge in [-0.05, 0) is 50.3 Å². The molecule has 0 N–H and O–H groups in total. The third kappa shape index (κ3) is 2.60. The highest BCUT2D eigenvalue weighted by molar-refractivity contribution is 5.93. The van der Waals surface area contributed by atoms with Crippen molar-refractivity contribution in [2.24, 2.45) is 11.8 Å². The molecule has 0 heterocycles. The third-order valence-electron chi connectivity index (χ3n) is 4.96. The Balaban J connectivity index is 1.81. The highest BCUT2D eigenvalue weighted by atomic mass is 16.6. The van der Waals surface area contributed by atoms with Crippen LogP contribution in [0.3, 0.4) is 0 Å². The van der Waals surface area contributed by atoms with Gasteiger partial charge in [-0.2, -0.15) is 0 Å². The van der Waals surface area contributed by atoms with Crippen LogP contribution in [0.4, 0.5) is 0 Å². The lowest BCUT2D eigenvalue weighted by molar-refractivity contribution is -0.120. The number of ether oxygens (including phenoxy) is 1. The third-order valence-corrected chi connectivity index (χ3v) is 4.96. The summed E-state index contributed by atoms with van der Waals surface area (Å²) in [5.41, 5.74) is 1.17. The number of fused-ring (bicyclic) bond motifs is 2. The summed E-state index contributed by atoms with van der Waals surface area (Å²) in [5, 5.41) is 0. The molecular formula is C19H22O3. The van der Waals surface area contributed by atoms with Gasteiger partial charge in [-0.3, -0.25) is 4.79 Å². The van der Waals surface area contributed by atoms with Gasteiger partial charge in [0, 0.05) is 11.8 Å². The number of benzene rings is 1. The van der Waals surface area contributed by atoms with E-state index in [1.165, 1.54) is 0 Å². The molecular weight excluding hydrogens is 276 g/mol. The van der Waals surface area contributed by atoms with Crippen LogP contribution in [0.5, 0.6) is 0 Å². The maximum atomic E-state index is 12.3. The van der Waals surface area contributed by atoms with Gasteiger partial charge >= 0.3 is 5.97 Å². The fraction of sp³-hybridized carbons (Fsp3) is 0.474. The van der Waals surface area contributed by atoms with E-state index in [0.717, 1.165) is 18.4 Å². The summed E-state index contributed by atoms with van der Waals surface area (Å²) >= 11 is 0. The van der Waals surface area contributed by atoms with Crippen LogP contribution in [0.2, 0.25) is 0 Å². The average molecular weight is 298 g/mol. The molecule has 2 aliphatic carbocycles. The molecule has 0 saturated heterocycles. The Morgan fingerprint density at radius 3 is 2.68 bits per heavy atom. The Bertz CT molecular complexity index is 642. The standard InChI is InChI=1S/C19H22O3/c1-4-19(2,3)22-18(21)14-7-5-6-12(10-14)16-11-13-8-9-15(16)17(13)20/h5-10,13,15-16H,4,11H2,1-3H3. The number of carbonyl (C=O) groups excluding carboxylic acids is 2. The van der Waals surface area contributed by atoms with Crippen molar-refractivity contribution >= 4 is 11.8 Å². The fourth-order valence-corrected chi connectivity index (χ4v) is 3.26. The molecule has 3 atom stereocenters. The van der Waals surface area contributed by atoms with Gasteiger partial charge in [0.05, 0.1) is 5.56 Å². The van der Waals surface area contributed by atoms with Crippen LogP contribution in [0.25, 0.3) is 0 Å². The first-order chi connectivity index (χ1) is 10.4. The monoisotopic (exact) mass is 298 g/mol. The van der Waals surface area contributed by atoms with Crippen molar-refractivity contribution in [2.45, 2.75) is 45.1 Å². The van der Waals surface area contributed by atoms with Crippen molar-refractivity contribution in [2.75, 3.05) is 0 Å². The van der Waals surface area contributed by atoms with E-state index in [-0.39, 0.29) is 23.7 Å². The number of hydrogen-bond donors (Lipinski definition) is 0. The molecule has 22 heavy (non-hydrogen) atoms. The minimum atomic E-state index is -0.460.